The standard InChI is InChI=1S/C25H21ClN4O/c26-20-10-8-19(9-11-20)23-12-13-24(28-27-23)29-14-16-30(17-15-29)25(31)22-7-3-5-18-4-1-2-6-21(18)22/h1-13H,14-17H2. The first-order valence-corrected chi connectivity index (χ1v) is 10.7. The van der Waals surface area contributed by atoms with Crippen molar-refractivity contribution in [2.75, 3.05) is 31.1 Å². The van der Waals surface area contributed by atoms with Gasteiger partial charge in [-0.05, 0) is 41.1 Å². The Kier molecular flexibility index (Phi) is 5.26. The number of anilines is 1. The lowest BCUT2D eigenvalue weighted by atomic mass is 10.0. The van der Waals surface area contributed by atoms with E-state index < -0.39 is 0 Å². The molecule has 1 amide bonds. The number of benzene rings is 3. The zero-order valence-electron chi connectivity index (χ0n) is 16.9. The summed E-state index contributed by atoms with van der Waals surface area (Å²) in [6.45, 7) is 2.77. The van der Waals surface area contributed by atoms with E-state index in [1.54, 1.807) is 0 Å². The number of piperazine rings is 1. The Morgan fingerprint density at radius 3 is 2.26 bits per heavy atom. The first-order valence-electron chi connectivity index (χ1n) is 10.3. The molecule has 0 spiro atoms. The van der Waals surface area contributed by atoms with Gasteiger partial charge in [0.15, 0.2) is 5.82 Å². The number of carbonyl (C=O) groups is 1. The average molecular weight is 429 g/mol. The van der Waals surface area contributed by atoms with Crippen LogP contribution in [0, 0.1) is 0 Å². The molecule has 0 saturated carbocycles. The number of hydrogen-bond acceptors (Lipinski definition) is 4. The lowest BCUT2D eigenvalue weighted by molar-refractivity contribution is 0.0748. The SMILES string of the molecule is O=C(c1cccc2ccccc12)N1CCN(c2ccc(-c3ccc(Cl)cc3)nn2)CC1. The Labute approximate surface area is 185 Å². The fourth-order valence-corrected chi connectivity index (χ4v) is 4.12. The van der Waals surface area contributed by atoms with Crippen LogP contribution >= 0.6 is 11.6 Å². The lowest BCUT2D eigenvalue weighted by Gasteiger charge is -2.35. The molecule has 1 aliphatic rings. The zero-order valence-corrected chi connectivity index (χ0v) is 17.7. The van der Waals surface area contributed by atoms with Crippen LogP contribution in [0.4, 0.5) is 5.82 Å². The maximum atomic E-state index is 13.2. The number of nitrogens with zero attached hydrogens (tertiary/aromatic N) is 4. The van der Waals surface area contributed by atoms with Crippen molar-refractivity contribution in [3.63, 3.8) is 0 Å². The van der Waals surface area contributed by atoms with Crippen molar-refractivity contribution in [3.05, 3.63) is 89.4 Å². The van der Waals surface area contributed by atoms with Crippen molar-refractivity contribution >= 4 is 34.1 Å². The van der Waals surface area contributed by atoms with E-state index in [9.17, 15) is 4.79 Å². The number of rotatable bonds is 3. The van der Waals surface area contributed by atoms with E-state index in [4.69, 9.17) is 11.6 Å². The molecule has 0 N–H and O–H groups in total. The summed E-state index contributed by atoms with van der Waals surface area (Å²) in [6.07, 6.45) is 0. The van der Waals surface area contributed by atoms with Crippen LogP contribution < -0.4 is 4.90 Å². The molecule has 5 rings (SSSR count). The first kappa shape index (κ1) is 19.5. The van der Waals surface area contributed by atoms with Crippen molar-refractivity contribution < 1.29 is 4.79 Å². The zero-order chi connectivity index (χ0) is 21.2. The smallest absolute Gasteiger partial charge is 0.254 e. The Balaban J connectivity index is 1.27. The van der Waals surface area contributed by atoms with Gasteiger partial charge in [-0.25, -0.2) is 0 Å². The summed E-state index contributed by atoms with van der Waals surface area (Å²) in [4.78, 5) is 17.2. The van der Waals surface area contributed by atoms with Crippen LogP contribution in [-0.4, -0.2) is 47.2 Å². The summed E-state index contributed by atoms with van der Waals surface area (Å²) in [5.74, 6) is 0.913. The number of halogens is 1. The molecule has 0 atom stereocenters. The maximum absolute atomic E-state index is 13.2. The Bertz CT molecular complexity index is 1210. The minimum Gasteiger partial charge on any atom is -0.352 e. The third-order valence-electron chi connectivity index (χ3n) is 5.70. The van der Waals surface area contributed by atoms with Gasteiger partial charge in [-0.3, -0.25) is 4.79 Å². The van der Waals surface area contributed by atoms with Gasteiger partial charge in [-0.2, -0.15) is 0 Å². The van der Waals surface area contributed by atoms with Gasteiger partial charge in [0.2, 0.25) is 0 Å². The molecule has 0 bridgehead atoms. The number of aromatic nitrogens is 2. The third kappa shape index (κ3) is 3.97. The van der Waals surface area contributed by atoms with Crippen LogP contribution in [0.1, 0.15) is 10.4 Å². The van der Waals surface area contributed by atoms with Crippen molar-refractivity contribution in [3.8, 4) is 11.3 Å². The molecule has 0 radical (unpaired) electrons. The predicted octanol–water partition coefficient (Wildman–Crippen LogP) is 4.91. The van der Waals surface area contributed by atoms with Gasteiger partial charge >= 0.3 is 0 Å². The molecule has 2 heterocycles. The molecule has 5 nitrogen and oxygen atoms in total. The van der Waals surface area contributed by atoms with Gasteiger partial charge in [0.1, 0.15) is 0 Å². The molecule has 154 valence electrons. The highest BCUT2D eigenvalue weighted by molar-refractivity contribution is 6.30. The molecule has 1 aromatic heterocycles. The number of carbonyl (C=O) groups excluding carboxylic acids is 1. The predicted molar refractivity (Wildman–Crippen MR) is 125 cm³/mol. The van der Waals surface area contributed by atoms with Crippen molar-refractivity contribution in [2.24, 2.45) is 0 Å². The minimum atomic E-state index is 0.0839. The van der Waals surface area contributed by atoms with E-state index in [1.807, 2.05) is 83.8 Å². The fraction of sp³-hybridized carbons (Fsp3) is 0.160. The van der Waals surface area contributed by atoms with Crippen LogP contribution in [0.5, 0.6) is 0 Å². The van der Waals surface area contributed by atoms with Crippen LogP contribution in [0.3, 0.4) is 0 Å². The molecule has 31 heavy (non-hydrogen) atoms. The van der Waals surface area contributed by atoms with Gasteiger partial charge in [-0.1, -0.05) is 60.1 Å². The molecular formula is C25H21ClN4O. The summed E-state index contributed by atoms with van der Waals surface area (Å²) in [5, 5.41) is 11.6. The lowest BCUT2D eigenvalue weighted by Crippen LogP contribution is -2.49. The normalized spacial score (nSPS) is 14.1. The summed E-state index contributed by atoms with van der Waals surface area (Å²) in [5.41, 5.74) is 2.55. The van der Waals surface area contributed by atoms with E-state index in [2.05, 4.69) is 15.1 Å². The van der Waals surface area contributed by atoms with Crippen molar-refractivity contribution in [1.82, 2.24) is 15.1 Å². The monoisotopic (exact) mass is 428 g/mol. The van der Waals surface area contributed by atoms with Gasteiger partial charge in [0.25, 0.3) is 5.91 Å². The number of hydrogen-bond donors (Lipinski definition) is 0. The van der Waals surface area contributed by atoms with E-state index >= 15 is 0 Å². The third-order valence-corrected chi connectivity index (χ3v) is 5.95. The Morgan fingerprint density at radius 1 is 0.774 bits per heavy atom. The van der Waals surface area contributed by atoms with Crippen LogP contribution in [0.25, 0.3) is 22.0 Å². The molecule has 4 aromatic rings. The molecule has 1 saturated heterocycles. The van der Waals surface area contributed by atoms with Crippen LogP contribution in [0.15, 0.2) is 78.9 Å². The fourth-order valence-electron chi connectivity index (χ4n) is 3.99. The van der Waals surface area contributed by atoms with Gasteiger partial charge in [0.05, 0.1) is 5.69 Å². The topological polar surface area (TPSA) is 49.3 Å². The van der Waals surface area contributed by atoms with Crippen molar-refractivity contribution in [2.45, 2.75) is 0 Å². The second-order valence-corrected chi connectivity index (χ2v) is 8.03. The van der Waals surface area contributed by atoms with Crippen molar-refractivity contribution in [1.29, 1.82) is 0 Å². The molecule has 0 aliphatic carbocycles. The van der Waals surface area contributed by atoms with E-state index in [1.165, 1.54) is 0 Å². The minimum absolute atomic E-state index is 0.0839. The summed E-state index contributed by atoms with van der Waals surface area (Å²) < 4.78 is 0. The van der Waals surface area contributed by atoms with E-state index in [0.29, 0.717) is 18.1 Å². The Morgan fingerprint density at radius 2 is 1.52 bits per heavy atom. The van der Waals surface area contributed by atoms with Gasteiger partial charge in [0, 0.05) is 42.3 Å². The second-order valence-electron chi connectivity index (χ2n) is 7.59. The first-order chi connectivity index (χ1) is 15.2. The van der Waals surface area contributed by atoms with Crippen LogP contribution in [0.2, 0.25) is 5.02 Å². The van der Waals surface area contributed by atoms with Crippen LogP contribution in [-0.2, 0) is 0 Å². The summed E-state index contributed by atoms with van der Waals surface area (Å²) in [6, 6.07) is 25.4. The average Bonchev–Trinajstić information content (AvgIpc) is 2.84. The molecule has 6 heteroatoms. The highest BCUT2D eigenvalue weighted by Crippen LogP contribution is 2.23. The molecule has 1 aliphatic heterocycles. The molecule has 3 aromatic carbocycles. The highest BCUT2D eigenvalue weighted by Gasteiger charge is 2.24. The van der Waals surface area contributed by atoms with E-state index in [0.717, 1.165) is 46.5 Å². The molecule has 0 unspecified atom stereocenters. The largest absolute Gasteiger partial charge is 0.352 e. The Hall–Kier alpha value is -3.44. The van der Waals surface area contributed by atoms with E-state index in [-0.39, 0.29) is 5.91 Å². The van der Waals surface area contributed by atoms with Gasteiger partial charge in [-0.15, -0.1) is 10.2 Å². The number of fused-ring (bicyclic) bond motifs is 1. The summed E-state index contributed by atoms with van der Waals surface area (Å²) in [7, 11) is 0. The molecular weight excluding hydrogens is 408 g/mol. The highest BCUT2D eigenvalue weighted by atomic mass is 35.5. The number of amides is 1. The quantitative estimate of drug-likeness (QED) is 0.465. The van der Waals surface area contributed by atoms with Gasteiger partial charge < -0.3 is 9.80 Å². The second kappa shape index (κ2) is 8.36. The summed E-state index contributed by atoms with van der Waals surface area (Å²) >= 11 is 5.96. The molecule has 1 fully saturated rings. The maximum Gasteiger partial charge on any atom is 0.254 e.